The Hall–Kier alpha value is -3.03. The molecule has 0 saturated carbocycles. The maximum Gasteiger partial charge on any atom is 0.416 e. The molecule has 2 aromatic carbocycles. The van der Waals surface area contributed by atoms with Gasteiger partial charge in [-0.3, -0.25) is 4.79 Å². The largest absolute Gasteiger partial charge is 0.507 e. The van der Waals surface area contributed by atoms with Gasteiger partial charge in [-0.15, -0.1) is 0 Å². The van der Waals surface area contributed by atoms with Gasteiger partial charge in [0.25, 0.3) is 0 Å². The number of nitrogens with one attached hydrogen (secondary N) is 1. The minimum atomic E-state index is -4.46. The topological polar surface area (TPSA) is 64.9 Å². The second kappa shape index (κ2) is 9.25. The van der Waals surface area contributed by atoms with E-state index in [0.717, 1.165) is 30.9 Å². The molecule has 5 nitrogen and oxygen atoms in total. The van der Waals surface area contributed by atoms with Crippen LogP contribution in [0.1, 0.15) is 30.5 Å². The van der Waals surface area contributed by atoms with Crippen LogP contribution in [0.4, 0.5) is 18.9 Å². The van der Waals surface area contributed by atoms with Crippen molar-refractivity contribution in [2.75, 3.05) is 18.0 Å². The number of rotatable bonds is 7. The van der Waals surface area contributed by atoms with Crippen LogP contribution in [-0.4, -0.2) is 30.3 Å². The van der Waals surface area contributed by atoms with Crippen molar-refractivity contribution < 1.29 is 23.1 Å². The molecule has 2 N–H and O–H groups in total. The predicted octanol–water partition coefficient (Wildman–Crippen LogP) is 3.95. The van der Waals surface area contributed by atoms with E-state index >= 15 is 0 Å². The van der Waals surface area contributed by atoms with Gasteiger partial charge in [-0.1, -0.05) is 18.2 Å². The van der Waals surface area contributed by atoms with Gasteiger partial charge in [0, 0.05) is 30.4 Å². The fourth-order valence-electron chi connectivity index (χ4n) is 2.68. The summed E-state index contributed by atoms with van der Waals surface area (Å²) < 4.78 is 38.1. The molecule has 0 aliphatic carbocycles. The zero-order valence-electron chi connectivity index (χ0n) is 15.6. The van der Waals surface area contributed by atoms with Gasteiger partial charge in [0.2, 0.25) is 5.91 Å². The maximum absolute atomic E-state index is 12.7. The number of anilines is 1. The van der Waals surface area contributed by atoms with Gasteiger partial charge in [-0.25, -0.2) is 5.43 Å². The predicted molar refractivity (Wildman–Crippen MR) is 103 cm³/mol. The molecule has 0 radical (unpaired) electrons. The van der Waals surface area contributed by atoms with Gasteiger partial charge < -0.3 is 10.0 Å². The molecule has 0 unspecified atom stereocenters. The Labute approximate surface area is 161 Å². The van der Waals surface area contributed by atoms with Crippen molar-refractivity contribution >= 4 is 17.8 Å². The van der Waals surface area contributed by atoms with Gasteiger partial charge in [0.1, 0.15) is 5.75 Å². The normalized spacial score (nSPS) is 11.6. The Morgan fingerprint density at radius 2 is 1.89 bits per heavy atom. The summed E-state index contributed by atoms with van der Waals surface area (Å²) >= 11 is 0. The van der Waals surface area contributed by atoms with Crippen molar-refractivity contribution in [1.29, 1.82) is 0 Å². The van der Waals surface area contributed by atoms with Crippen LogP contribution in [0.2, 0.25) is 0 Å². The zero-order valence-corrected chi connectivity index (χ0v) is 15.6. The summed E-state index contributed by atoms with van der Waals surface area (Å²) in [6.45, 7) is 5.62. The number of carbonyl (C=O) groups is 1. The summed E-state index contributed by atoms with van der Waals surface area (Å²) in [7, 11) is 0. The van der Waals surface area contributed by atoms with Crippen molar-refractivity contribution in [3.8, 4) is 5.75 Å². The monoisotopic (exact) mass is 393 g/mol. The highest BCUT2D eigenvalue weighted by molar-refractivity contribution is 5.86. The highest BCUT2D eigenvalue weighted by Crippen LogP contribution is 2.29. The second-order valence-corrected chi connectivity index (χ2v) is 6.08. The molecule has 0 saturated heterocycles. The van der Waals surface area contributed by atoms with E-state index < -0.39 is 17.6 Å². The number of amides is 1. The van der Waals surface area contributed by atoms with E-state index in [1.165, 1.54) is 18.3 Å². The van der Waals surface area contributed by atoms with Crippen LogP contribution in [0, 0.1) is 0 Å². The van der Waals surface area contributed by atoms with Crippen molar-refractivity contribution in [2.24, 2.45) is 5.10 Å². The molecule has 28 heavy (non-hydrogen) atoms. The Balaban J connectivity index is 1.98. The Bertz CT molecular complexity index is 847. The standard InChI is InChI=1S/C20H22F3N3O2/c1-3-26(4-2)17-9-8-15(18(27)12-17)13-24-25-19(28)11-14-6-5-7-16(10-14)20(21,22)23/h5-10,12-13,27H,3-4,11H2,1-2H3,(H,25,28). The number of halogens is 3. The molecule has 0 bridgehead atoms. The van der Waals surface area contributed by atoms with Crippen LogP contribution in [0.5, 0.6) is 5.75 Å². The minimum Gasteiger partial charge on any atom is -0.507 e. The lowest BCUT2D eigenvalue weighted by atomic mass is 10.1. The van der Waals surface area contributed by atoms with E-state index in [1.54, 1.807) is 12.1 Å². The summed E-state index contributed by atoms with van der Waals surface area (Å²) in [4.78, 5) is 14.0. The first-order valence-corrected chi connectivity index (χ1v) is 8.80. The van der Waals surface area contributed by atoms with Gasteiger partial charge in [0.15, 0.2) is 0 Å². The second-order valence-electron chi connectivity index (χ2n) is 6.08. The van der Waals surface area contributed by atoms with Gasteiger partial charge in [-0.2, -0.15) is 18.3 Å². The number of nitrogens with zero attached hydrogens (tertiary/aromatic N) is 2. The van der Waals surface area contributed by atoms with Crippen LogP contribution in [0.15, 0.2) is 47.6 Å². The van der Waals surface area contributed by atoms with Gasteiger partial charge in [0.05, 0.1) is 18.2 Å². The molecule has 0 heterocycles. The van der Waals surface area contributed by atoms with Crippen LogP contribution in [0.25, 0.3) is 0 Å². The molecular weight excluding hydrogens is 371 g/mol. The number of phenolic OH excluding ortho intramolecular Hbond substituents is 1. The van der Waals surface area contributed by atoms with E-state index in [2.05, 4.69) is 15.4 Å². The van der Waals surface area contributed by atoms with Crippen LogP contribution < -0.4 is 10.3 Å². The zero-order chi connectivity index (χ0) is 20.7. The first-order chi connectivity index (χ1) is 13.2. The van der Waals surface area contributed by atoms with Crippen LogP contribution >= 0.6 is 0 Å². The highest BCUT2D eigenvalue weighted by Gasteiger charge is 2.30. The molecule has 0 atom stereocenters. The Kier molecular flexibility index (Phi) is 7.03. The molecule has 1 amide bonds. The molecule has 0 spiro atoms. The number of phenols is 1. The number of aromatic hydroxyl groups is 1. The van der Waals surface area contributed by atoms with Crippen molar-refractivity contribution in [3.63, 3.8) is 0 Å². The van der Waals surface area contributed by atoms with E-state index in [4.69, 9.17) is 0 Å². The Morgan fingerprint density at radius 3 is 2.50 bits per heavy atom. The lowest BCUT2D eigenvalue weighted by molar-refractivity contribution is -0.137. The molecule has 2 rings (SSSR count). The van der Waals surface area contributed by atoms with Crippen molar-refractivity contribution in [1.82, 2.24) is 5.43 Å². The minimum absolute atomic E-state index is 0.0141. The van der Waals surface area contributed by atoms with Crippen molar-refractivity contribution in [2.45, 2.75) is 26.4 Å². The SMILES string of the molecule is CCN(CC)c1ccc(C=NNC(=O)Cc2cccc(C(F)(F)F)c2)c(O)c1. The third-order valence-electron chi connectivity index (χ3n) is 4.15. The van der Waals surface area contributed by atoms with Gasteiger partial charge >= 0.3 is 6.18 Å². The van der Waals surface area contributed by atoms with E-state index in [1.807, 2.05) is 19.9 Å². The number of hydrogen-bond acceptors (Lipinski definition) is 4. The molecule has 0 fully saturated rings. The third kappa shape index (κ3) is 5.73. The number of hydrazone groups is 1. The van der Waals surface area contributed by atoms with Crippen LogP contribution in [0.3, 0.4) is 0 Å². The number of benzene rings is 2. The summed E-state index contributed by atoms with van der Waals surface area (Å²) in [6.07, 6.45) is -3.42. The molecular formula is C20H22F3N3O2. The Morgan fingerprint density at radius 1 is 1.18 bits per heavy atom. The molecule has 8 heteroatoms. The lowest BCUT2D eigenvalue weighted by Crippen LogP contribution is -2.21. The molecule has 0 aliphatic heterocycles. The van der Waals surface area contributed by atoms with E-state index in [-0.39, 0.29) is 17.7 Å². The molecule has 0 aromatic heterocycles. The molecule has 2 aromatic rings. The van der Waals surface area contributed by atoms with Crippen molar-refractivity contribution in [3.05, 3.63) is 59.2 Å². The third-order valence-corrected chi connectivity index (χ3v) is 4.15. The van der Waals surface area contributed by atoms with Crippen LogP contribution in [-0.2, 0) is 17.4 Å². The summed E-state index contributed by atoms with van der Waals surface area (Å²) in [5.74, 6) is -0.546. The average Bonchev–Trinajstić information content (AvgIpc) is 2.64. The first-order valence-electron chi connectivity index (χ1n) is 8.80. The number of carbonyl (C=O) groups excluding carboxylic acids is 1. The van der Waals surface area contributed by atoms with Gasteiger partial charge in [-0.05, 0) is 37.6 Å². The number of alkyl halides is 3. The summed E-state index contributed by atoms with van der Waals surface area (Å²) in [5, 5.41) is 13.9. The lowest BCUT2D eigenvalue weighted by Gasteiger charge is -2.21. The molecule has 150 valence electrons. The fraction of sp³-hybridized carbons (Fsp3) is 0.300. The average molecular weight is 393 g/mol. The quantitative estimate of drug-likeness (QED) is 0.553. The number of hydrogen-bond donors (Lipinski definition) is 2. The smallest absolute Gasteiger partial charge is 0.416 e. The van der Waals surface area contributed by atoms with E-state index in [0.29, 0.717) is 5.56 Å². The fourth-order valence-corrected chi connectivity index (χ4v) is 2.68. The maximum atomic E-state index is 12.7. The summed E-state index contributed by atoms with van der Waals surface area (Å²) in [5.41, 5.74) is 2.96. The van der Waals surface area contributed by atoms with E-state index in [9.17, 15) is 23.1 Å². The summed E-state index contributed by atoms with van der Waals surface area (Å²) in [6, 6.07) is 9.69. The first kappa shape index (κ1) is 21.3. The highest BCUT2D eigenvalue weighted by atomic mass is 19.4. The molecule has 0 aliphatic rings.